The van der Waals surface area contributed by atoms with Gasteiger partial charge in [-0.2, -0.15) is 0 Å². The Bertz CT molecular complexity index is 426. The molecule has 0 aliphatic heterocycles. The molecule has 92 valence electrons. The molecule has 0 aliphatic rings. The fourth-order valence-corrected chi connectivity index (χ4v) is 1.71. The van der Waals surface area contributed by atoms with Crippen LogP contribution in [-0.4, -0.2) is 23.0 Å². The average molecular weight is 251 g/mol. The van der Waals surface area contributed by atoms with Crippen molar-refractivity contribution in [1.29, 1.82) is 0 Å². The van der Waals surface area contributed by atoms with Crippen molar-refractivity contribution in [3.05, 3.63) is 42.5 Å². The number of hydrogen-bond donors (Lipinski definition) is 2. The van der Waals surface area contributed by atoms with E-state index in [1.807, 2.05) is 24.3 Å². The van der Waals surface area contributed by atoms with Gasteiger partial charge >= 0.3 is 0 Å². The molecule has 5 heteroatoms. The minimum absolute atomic E-state index is 0.396. The zero-order valence-corrected chi connectivity index (χ0v) is 10.7. The number of rotatable bonds is 5. The molecular formula is C12H17N3OS. The molecule has 0 spiro atoms. The highest BCUT2D eigenvalue weighted by Crippen LogP contribution is 2.08. The van der Waals surface area contributed by atoms with E-state index in [1.54, 1.807) is 12.3 Å². The summed E-state index contributed by atoms with van der Waals surface area (Å²) in [5.74, 6) is 0.396. The van der Waals surface area contributed by atoms with Crippen molar-refractivity contribution < 1.29 is 4.21 Å². The normalized spacial score (nSPS) is 13.1. The second kappa shape index (κ2) is 6.85. The Morgan fingerprint density at radius 3 is 2.71 bits per heavy atom. The maximum atomic E-state index is 11.2. The van der Waals surface area contributed by atoms with Gasteiger partial charge in [0.15, 0.2) is 5.96 Å². The molecule has 0 aliphatic carbocycles. The zero-order valence-electron chi connectivity index (χ0n) is 9.85. The number of nitrogens with zero attached hydrogens (tertiary/aromatic N) is 1. The van der Waals surface area contributed by atoms with E-state index in [1.165, 1.54) is 0 Å². The molecule has 4 nitrogen and oxygen atoms in total. The Hall–Kier alpha value is -1.62. The molecule has 0 amide bonds. The number of aliphatic imine (C=N–C) groups is 1. The molecule has 0 saturated carbocycles. The van der Waals surface area contributed by atoms with E-state index in [0.717, 1.165) is 10.5 Å². The number of hydrogen-bond acceptors (Lipinski definition) is 2. The first-order valence-electron chi connectivity index (χ1n) is 5.20. The lowest BCUT2D eigenvalue weighted by molar-refractivity contribution is 0.687. The summed E-state index contributed by atoms with van der Waals surface area (Å²) in [6, 6.07) is 7.49. The van der Waals surface area contributed by atoms with E-state index in [9.17, 15) is 4.21 Å². The van der Waals surface area contributed by atoms with Crippen LogP contribution < -0.4 is 11.1 Å². The van der Waals surface area contributed by atoms with Crippen molar-refractivity contribution in [2.45, 2.75) is 11.4 Å². The molecule has 0 heterocycles. The van der Waals surface area contributed by atoms with Crippen LogP contribution in [0.25, 0.3) is 0 Å². The number of guanidine groups is 1. The van der Waals surface area contributed by atoms with Gasteiger partial charge in [0, 0.05) is 28.5 Å². The molecule has 1 unspecified atom stereocenters. The van der Waals surface area contributed by atoms with Gasteiger partial charge in [-0.05, 0) is 17.7 Å². The Balaban J connectivity index is 2.57. The second-order valence-electron chi connectivity index (χ2n) is 3.47. The highest BCUT2D eigenvalue weighted by Gasteiger charge is 1.97. The van der Waals surface area contributed by atoms with Crippen molar-refractivity contribution in [1.82, 2.24) is 5.32 Å². The van der Waals surface area contributed by atoms with Crippen molar-refractivity contribution in [3.63, 3.8) is 0 Å². The van der Waals surface area contributed by atoms with Crippen LogP contribution in [-0.2, 0) is 17.3 Å². The maximum absolute atomic E-state index is 11.2. The van der Waals surface area contributed by atoms with Crippen molar-refractivity contribution in [2.75, 3.05) is 12.8 Å². The first-order chi connectivity index (χ1) is 8.13. The standard InChI is InChI=1S/C12H17N3OS/c1-3-8-14-12(13)15-9-10-4-6-11(7-5-10)17(2)16/h3-7H,1,8-9H2,2H3,(H3,13,14,15). The largest absolute Gasteiger partial charge is 0.370 e. The first kappa shape index (κ1) is 13.4. The van der Waals surface area contributed by atoms with Gasteiger partial charge in [-0.1, -0.05) is 18.2 Å². The third-order valence-corrected chi connectivity index (χ3v) is 3.05. The molecule has 17 heavy (non-hydrogen) atoms. The first-order valence-corrected chi connectivity index (χ1v) is 6.76. The summed E-state index contributed by atoms with van der Waals surface area (Å²) >= 11 is 0. The van der Waals surface area contributed by atoms with Crippen LogP contribution in [0.5, 0.6) is 0 Å². The van der Waals surface area contributed by atoms with E-state index in [2.05, 4.69) is 16.9 Å². The molecule has 0 aromatic heterocycles. The van der Waals surface area contributed by atoms with Crippen molar-refractivity contribution in [3.8, 4) is 0 Å². The summed E-state index contributed by atoms with van der Waals surface area (Å²) in [5.41, 5.74) is 6.66. The molecule has 1 atom stereocenters. The van der Waals surface area contributed by atoms with E-state index in [0.29, 0.717) is 19.0 Å². The van der Waals surface area contributed by atoms with E-state index < -0.39 is 10.8 Å². The fourth-order valence-electron chi connectivity index (χ4n) is 1.20. The van der Waals surface area contributed by atoms with Gasteiger partial charge < -0.3 is 11.1 Å². The van der Waals surface area contributed by atoms with Gasteiger partial charge in [0.2, 0.25) is 0 Å². The summed E-state index contributed by atoms with van der Waals surface area (Å²) in [6.07, 6.45) is 3.37. The third kappa shape index (κ3) is 4.82. The topological polar surface area (TPSA) is 67.5 Å². The summed E-state index contributed by atoms with van der Waals surface area (Å²) in [4.78, 5) is 4.98. The second-order valence-corrected chi connectivity index (χ2v) is 4.85. The van der Waals surface area contributed by atoms with Crippen LogP contribution >= 0.6 is 0 Å². The number of nitrogens with one attached hydrogen (secondary N) is 1. The highest BCUT2D eigenvalue weighted by molar-refractivity contribution is 7.84. The van der Waals surface area contributed by atoms with Crippen molar-refractivity contribution in [2.24, 2.45) is 10.7 Å². The number of nitrogens with two attached hydrogens (primary N) is 1. The van der Waals surface area contributed by atoms with Crippen LogP contribution in [0, 0.1) is 0 Å². The van der Waals surface area contributed by atoms with Gasteiger partial charge in [0.05, 0.1) is 6.54 Å². The van der Waals surface area contributed by atoms with Crippen LogP contribution in [0.2, 0.25) is 0 Å². The van der Waals surface area contributed by atoms with E-state index in [4.69, 9.17) is 5.73 Å². The molecule has 1 aromatic carbocycles. The lowest BCUT2D eigenvalue weighted by atomic mass is 10.2. The lowest BCUT2D eigenvalue weighted by Gasteiger charge is -2.03. The minimum atomic E-state index is -0.938. The van der Waals surface area contributed by atoms with Gasteiger partial charge in [-0.15, -0.1) is 6.58 Å². The van der Waals surface area contributed by atoms with Crippen LogP contribution in [0.3, 0.4) is 0 Å². The summed E-state index contributed by atoms with van der Waals surface area (Å²) in [7, 11) is -0.938. The van der Waals surface area contributed by atoms with Gasteiger partial charge in [0.1, 0.15) is 0 Å². The Labute approximate surface area is 104 Å². The zero-order chi connectivity index (χ0) is 12.7. The minimum Gasteiger partial charge on any atom is -0.370 e. The predicted octanol–water partition coefficient (Wildman–Crippen LogP) is 1.01. The third-order valence-electron chi connectivity index (χ3n) is 2.11. The summed E-state index contributed by atoms with van der Waals surface area (Å²) in [5, 5.41) is 2.89. The molecule has 0 radical (unpaired) electrons. The van der Waals surface area contributed by atoms with Crippen molar-refractivity contribution >= 4 is 16.8 Å². The van der Waals surface area contributed by atoms with Gasteiger partial charge in [-0.25, -0.2) is 4.99 Å². The summed E-state index contributed by atoms with van der Waals surface area (Å²) < 4.78 is 11.2. The van der Waals surface area contributed by atoms with Crippen LogP contribution in [0.4, 0.5) is 0 Å². The molecule has 0 bridgehead atoms. The van der Waals surface area contributed by atoms with Crippen LogP contribution in [0.1, 0.15) is 5.56 Å². The SMILES string of the molecule is C=CCNC(N)=NCc1ccc(S(C)=O)cc1. The molecule has 0 saturated heterocycles. The quantitative estimate of drug-likeness (QED) is 0.466. The fraction of sp³-hybridized carbons (Fsp3) is 0.250. The highest BCUT2D eigenvalue weighted by atomic mass is 32.2. The lowest BCUT2D eigenvalue weighted by Crippen LogP contribution is -2.31. The monoisotopic (exact) mass is 251 g/mol. The smallest absolute Gasteiger partial charge is 0.189 e. The Morgan fingerprint density at radius 2 is 2.18 bits per heavy atom. The Kier molecular flexibility index (Phi) is 5.42. The molecule has 1 aromatic rings. The molecular weight excluding hydrogens is 234 g/mol. The van der Waals surface area contributed by atoms with Gasteiger partial charge in [0.25, 0.3) is 0 Å². The summed E-state index contributed by atoms with van der Waals surface area (Å²) in [6.45, 7) is 4.68. The predicted molar refractivity (Wildman–Crippen MR) is 72.3 cm³/mol. The van der Waals surface area contributed by atoms with Gasteiger partial charge in [-0.3, -0.25) is 4.21 Å². The van der Waals surface area contributed by atoms with E-state index >= 15 is 0 Å². The maximum Gasteiger partial charge on any atom is 0.189 e. The molecule has 0 fully saturated rings. The molecule has 3 N–H and O–H groups in total. The Morgan fingerprint density at radius 1 is 1.53 bits per heavy atom. The van der Waals surface area contributed by atoms with Crippen LogP contribution in [0.15, 0.2) is 46.8 Å². The molecule has 1 rings (SSSR count). The average Bonchev–Trinajstić information content (AvgIpc) is 2.34. The van der Waals surface area contributed by atoms with E-state index in [-0.39, 0.29) is 0 Å². The number of benzene rings is 1.